The first-order chi connectivity index (χ1) is 28.8. The molecule has 10 aromatic carbocycles. The number of para-hydroxylation sites is 1. The van der Waals surface area contributed by atoms with Crippen LogP contribution in [0.4, 0.5) is 11.4 Å². The van der Waals surface area contributed by atoms with Gasteiger partial charge in [-0.25, -0.2) is 5.01 Å². The molecule has 11 aromatic rings. The van der Waals surface area contributed by atoms with Crippen LogP contribution in [0.25, 0.3) is 87.9 Å². The van der Waals surface area contributed by atoms with Crippen LogP contribution in [0, 0.1) is 0 Å². The lowest BCUT2D eigenvalue weighted by Crippen LogP contribution is -2.27. The van der Waals surface area contributed by atoms with E-state index in [9.17, 15) is 0 Å². The summed E-state index contributed by atoms with van der Waals surface area (Å²) in [6, 6.07) is 78.0. The maximum absolute atomic E-state index is 4.86. The lowest BCUT2D eigenvalue weighted by Gasteiger charge is -2.30. The summed E-state index contributed by atoms with van der Waals surface area (Å²) in [5.74, 6) is 0. The Kier molecular flexibility index (Phi) is 8.11. The molecule has 0 amide bonds. The second-order valence-corrected chi connectivity index (χ2v) is 14.7. The quantitative estimate of drug-likeness (QED) is 0.153. The number of hydrogen-bond acceptors (Lipinski definition) is 3. The molecule has 0 spiro atoms. The first-order valence-corrected chi connectivity index (χ1v) is 19.7. The van der Waals surface area contributed by atoms with Gasteiger partial charge in [0.15, 0.2) is 0 Å². The van der Waals surface area contributed by atoms with E-state index in [-0.39, 0.29) is 0 Å². The van der Waals surface area contributed by atoms with E-state index in [2.05, 4.69) is 210 Å². The average molecular weight is 741 g/mol. The molecule has 11 rings (SSSR count). The standard InChI is InChI=1S/C54H36N4/c1-4-16-37(17-5-1)40-29-32-52(48(34-40)38-18-6-2-7-19-38)57(58-54-27-15-14-26-51(54)55-56-58)53-33-30-42(35-49(53)39-20-8-3-9-21-39)41-28-31-47-45-24-11-10-22-43(45)44-23-12-13-25-46(44)50(47)36-41/h1-36H. The van der Waals surface area contributed by atoms with Gasteiger partial charge in [-0.15, -0.1) is 9.89 Å². The highest BCUT2D eigenvalue weighted by molar-refractivity contribution is 6.25. The zero-order valence-electron chi connectivity index (χ0n) is 31.6. The van der Waals surface area contributed by atoms with Crippen molar-refractivity contribution in [2.45, 2.75) is 0 Å². The van der Waals surface area contributed by atoms with E-state index >= 15 is 0 Å². The zero-order valence-corrected chi connectivity index (χ0v) is 31.6. The fourth-order valence-corrected chi connectivity index (χ4v) is 8.55. The minimum atomic E-state index is 0.823. The van der Waals surface area contributed by atoms with E-state index in [4.69, 9.17) is 5.21 Å². The van der Waals surface area contributed by atoms with Crippen molar-refractivity contribution in [1.82, 2.24) is 15.1 Å². The molecule has 0 saturated carbocycles. The molecule has 0 bridgehead atoms. The summed E-state index contributed by atoms with van der Waals surface area (Å²) in [5, 5.41) is 19.4. The Morgan fingerprint density at radius 3 is 1.29 bits per heavy atom. The molecule has 0 aliphatic carbocycles. The molecule has 1 heterocycles. The van der Waals surface area contributed by atoms with Gasteiger partial charge in [-0.05, 0) is 113 Å². The van der Waals surface area contributed by atoms with E-state index < -0.39 is 0 Å². The highest BCUT2D eigenvalue weighted by Crippen LogP contribution is 2.45. The predicted molar refractivity (Wildman–Crippen MR) is 242 cm³/mol. The third kappa shape index (κ3) is 5.70. The average Bonchev–Trinajstić information content (AvgIpc) is 3.74. The minimum Gasteiger partial charge on any atom is -0.230 e. The molecule has 0 radical (unpaired) electrons. The molecule has 0 N–H and O–H groups in total. The Labute approximate surface area is 336 Å². The minimum absolute atomic E-state index is 0.823. The molecule has 272 valence electrons. The fraction of sp³-hybridized carbons (Fsp3) is 0. The van der Waals surface area contributed by atoms with E-state index in [0.717, 1.165) is 66.9 Å². The smallest absolute Gasteiger partial charge is 0.115 e. The summed E-state index contributed by atoms with van der Waals surface area (Å²) in [6.07, 6.45) is 0. The molecular formula is C54H36N4. The van der Waals surface area contributed by atoms with Crippen LogP contribution in [0.15, 0.2) is 218 Å². The van der Waals surface area contributed by atoms with Gasteiger partial charge in [0.05, 0.1) is 11.4 Å². The van der Waals surface area contributed by atoms with E-state index in [1.807, 2.05) is 23.0 Å². The van der Waals surface area contributed by atoms with Crippen LogP contribution in [0.3, 0.4) is 0 Å². The van der Waals surface area contributed by atoms with Gasteiger partial charge in [-0.3, -0.25) is 0 Å². The number of aromatic nitrogens is 3. The van der Waals surface area contributed by atoms with Crippen LogP contribution in [-0.4, -0.2) is 15.1 Å². The maximum Gasteiger partial charge on any atom is 0.115 e. The topological polar surface area (TPSA) is 34.0 Å². The van der Waals surface area contributed by atoms with Crippen LogP contribution in [-0.2, 0) is 0 Å². The summed E-state index contributed by atoms with van der Waals surface area (Å²) in [4.78, 5) is 1.95. The monoisotopic (exact) mass is 740 g/mol. The third-order valence-corrected chi connectivity index (χ3v) is 11.3. The lowest BCUT2D eigenvalue weighted by atomic mass is 9.91. The van der Waals surface area contributed by atoms with Crippen molar-refractivity contribution >= 4 is 54.7 Å². The molecule has 0 atom stereocenters. The number of anilines is 2. The van der Waals surface area contributed by atoms with E-state index in [0.29, 0.717) is 0 Å². The summed E-state index contributed by atoms with van der Waals surface area (Å²) in [5.41, 5.74) is 12.7. The van der Waals surface area contributed by atoms with Gasteiger partial charge >= 0.3 is 0 Å². The molecule has 4 heteroatoms. The van der Waals surface area contributed by atoms with Crippen molar-refractivity contribution in [2.75, 3.05) is 5.01 Å². The Hall–Kier alpha value is -7.82. The highest BCUT2D eigenvalue weighted by atomic mass is 15.7. The summed E-state index contributed by atoms with van der Waals surface area (Å²) in [7, 11) is 0. The van der Waals surface area contributed by atoms with Gasteiger partial charge in [0.1, 0.15) is 11.0 Å². The Bertz CT molecular complexity index is 3250. The number of nitrogens with zero attached hydrogens (tertiary/aromatic N) is 4. The molecule has 0 aliphatic rings. The van der Waals surface area contributed by atoms with Gasteiger partial charge in [0, 0.05) is 11.1 Å². The maximum atomic E-state index is 4.86. The normalized spacial score (nSPS) is 11.4. The molecule has 0 unspecified atom stereocenters. The van der Waals surface area contributed by atoms with E-state index in [1.165, 1.54) is 32.3 Å². The molecule has 58 heavy (non-hydrogen) atoms. The van der Waals surface area contributed by atoms with Crippen molar-refractivity contribution in [2.24, 2.45) is 0 Å². The number of benzene rings is 10. The lowest BCUT2D eigenvalue weighted by molar-refractivity contribution is 0.684. The van der Waals surface area contributed by atoms with Crippen LogP contribution in [0.5, 0.6) is 0 Å². The third-order valence-electron chi connectivity index (χ3n) is 11.3. The summed E-state index contributed by atoms with van der Waals surface area (Å²) in [6.45, 7) is 0. The van der Waals surface area contributed by atoms with Gasteiger partial charge in [0.2, 0.25) is 0 Å². The van der Waals surface area contributed by atoms with Crippen LogP contribution in [0.1, 0.15) is 0 Å². The van der Waals surface area contributed by atoms with Crippen molar-refractivity contribution in [1.29, 1.82) is 0 Å². The van der Waals surface area contributed by atoms with Gasteiger partial charge in [-0.2, -0.15) is 0 Å². The first kappa shape index (κ1) is 33.5. The zero-order chi connectivity index (χ0) is 38.4. The Morgan fingerprint density at radius 1 is 0.310 bits per heavy atom. The van der Waals surface area contributed by atoms with Crippen molar-refractivity contribution in [3.63, 3.8) is 0 Å². The highest BCUT2D eigenvalue weighted by Gasteiger charge is 2.24. The Morgan fingerprint density at radius 2 is 0.724 bits per heavy atom. The fourth-order valence-electron chi connectivity index (χ4n) is 8.55. The predicted octanol–water partition coefficient (Wildman–Crippen LogP) is 14.2. The number of fused-ring (bicyclic) bond motifs is 7. The van der Waals surface area contributed by atoms with E-state index in [1.54, 1.807) is 0 Å². The molecule has 0 aliphatic heterocycles. The second kappa shape index (κ2) is 14.0. The van der Waals surface area contributed by atoms with Crippen molar-refractivity contribution in [3.8, 4) is 44.5 Å². The molecule has 1 aromatic heterocycles. The summed E-state index contributed by atoms with van der Waals surface area (Å²) < 4.78 is 0. The SMILES string of the molecule is c1ccc(-c2ccc(N(c3ccc(-c4ccc5c6ccccc6c6ccccc6c5c4)cc3-c3ccccc3)n3nnc4ccccc43)c(-c3ccccc3)c2)cc1. The largest absolute Gasteiger partial charge is 0.230 e. The number of rotatable bonds is 7. The van der Waals surface area contributed by atoms with Crippen LogP contribution < -0.4 is 5.01 Å². The Balaban J connectivity index is 1.17. The first-order valence-electron chi connectivity index (χ1n) is 19.7. The molecule has 0 saturated heterocycles. The van der Waals surface area contributed by atoms with Crippen molar-refractivity contribution < 1.29 is 0 Å². The number of hydrogen-bond donors (Lipinski definition) is 0. The van der Waals surface area contributed by atoms with Gasteiger partial charge < -0.3 is 0 Å². The second-order valence-electron chi connectivity index (χ2n) is 14.7. The molecular weight excluding hydrogens is 705 g/mol. The van der Waals surface area contributed by atoms with Crippen LogP contribution >= 0.6 is 0 Å². The summed E-state index contributed by atoms with van der Waals surface area (Å²) >= 11 is 0. The van der Waals surface area contributed by atoms with Crippen molar-refractivity contribution in [3.05, 3.63) is 218 Å². The molecule has 4 nitrogen and oxygen atoms in total. The van der Waals surface area contributed by atoms with Crippen LogP contribution in [0.2, 0.25) is 0 Å². The van der Waals surface area contributed by atoms with Gasteiger partial charge in [0.25, 0.3) is 0 Å². The molecule has 0 fully saturated rings. The van der Waals surface area contributed by atoms with Gasteiger partial charge in [-0.1, -0.05) is 176 Å².